The number of ether oxygens (including phenoxy) is 3. The zero-order valence-electron chi connectivity index (χ0n) is 20.1. The molecule has 188 valence electrons. The van der Waals surface area contributed by atoms with Crippen molar-refractivity contribution in [2.75, 3.05) is 26.6 Å². The fraction of sp³-hybridized carbons (Fsp3) is 0.250. The lowest BCUT2D eigenvalue weighted by molar-refractivity contribution is -0.114. The Balaban J connectivity index is 1.46. The number of sulfone groups is 1. The number of amides is 1. The van der Waals surface area contributed by atoms with Gasteiger partial charge in [0, 0.05) is 6.26 Å². The number of hydrazone groups is 1. The van der Waals surface area contributed by atoms with Gasteiger partial charge in [-0.1, -0.05) is 23.8 Å². The normalized spacial score (nSPS) is 16.6. The van der Waals surface area contributed by atoms with E-state index < -0.39 is 15.7 Å². The zero-order valence-corrected chi connectivity index (χ0v) is 21.7. The van der Waals surface area contributed by atoms with Gasteiger partial charge in [-0.15, -0.1) is 5.10 Å². The summed E-state index contributed by atoms with van der Waals surface area (Å²) in [6, 6.07) is 11.0. The first kappa shape index (κ1) is 25.5. The lowest BCUT2D eigenvalue weighted by atomic mass is 10.1. The van der Waals surface area contributed by atoms with E-state index in [0.29, 0.717) is 23.7 Å². The number of carbonyl (C=O) groups excluding carboxylic acids is 1. The molecule has 1 N–H and O–H groups in total. The molecule has 0 atom stereocenters. The van der Waals surface area contributed by atoms with E-state index in [1.54, 1.807) is 18.2 Å². The highest BCUT2D eigenvalue weighted by Gasteiger charge is 2.38. The Morgan fingerprint density at radius 3 is 2.42 bits per heavy atom. The van der Waals surface area contributed by atoms with Crippen molar-refractivity contribution in [3.63, 3.8) is 0 Å². The average molecular weight is 529 g/mol. The van der Waals surface area contributed by atoms with Gasteiger partial charge in [-0.2, -0.15) is 10.0 Å². The highest BCUT2D eigenvalue weighted by Crippen LogP contribution is 2.32. The first-order valence-corrected chi connectivity index (χ1v) is 13.5. The summed E-state index contributed by atoms with van der Waals surface area (Å²) in [6.45, 7) is 4.64. The molecule has 4 rings (SSSR count). The van der Waals surface area contributed by atoms with E-state index in [4.69, 9.17) is 19.6 Å². The summed E-state index contributed by atoms with van der Waals surface area (Å²) in [5, 5.41) is 13.4. The maximum atomic E-state index is 12.6. The van der Waals surface area contributed by atoms with Gasteiger partial charge < -0.3 is 14.2 Å². The summed E-state index contributed by atoms with van der Waals surface area (Å²) in [5.41, 5.74) is 2.75. The molecule has 0 bridgehead atoms. The minimum absolute atomic E-state index is 0.0320. The molecular formula is C24H24N4O6S2. The van der Waals surface area contributed by atoms with E-state index in [1.807, 2.05) is 26.0 Å². The quantitative estimate of drug-likeness (QED) is 0.427. The number of benzene rings is 2. The second kappa shape index (κ2) is 10.2. The largest absolute Gasteiger partial charge is 0.493 e. The molecule has 0 unspecified atom stereocenters. The van der Waals surface area contributed by atoms with Gasteiger partial charge in [0.2, 0.25) is 19.4 Å². The Bertz CT molecular complexity index is 1450. The minimum atomic E-state index is -3.60. The molecule has 0 spiro atoms. The molecule has 2 aromatic rings. The van der Waals surface area contributed by atoms with Gasteiger partial charge in [-0.3, -0.25) is 10.2 Å². The zero-order chi connectivity index (χ0) is 26.0. The summed E-state index contributed by atoms with van der Waals surface area (Å²) >= 11 is 0.737. The molecule has 0 aliphatic carbocycles. The number of fused-ring (bicyclic) bond motifs is 1. The van der Waals surface area contributed by atoms with Crippen molar-refractivity contribution in [2.24, 2.45) is 10.1 Å². The van der Waals surface area contributed by atoms with Gasteiger partial charge in [0.05, 0.1) is 12.7 Å². The minimum Gasteiger partial charge on any atom is -0.493 e. The number of aliphatic imine (C=N–C) groups is 1. The van der Waals surface area contributed by atoms with Crippen molar-refractivity contribution in [2.45, 2.75) is 13.8 Å². The molecule has 0 saturated heterocycles. The summed E-state index contributed by atoms with van der Waals surface area (Å²) in [6.07, 6.45) is 2.48. The van der Waals surface area contributed by atoms with Crippen LogP contribution < -0.4 is 14.2 Å². The molecule has 0 saturated carbocycles. The maximum absolute atomic E-state index is 12.6. The first-order valence-electron chi connectivity index (χ1n) is 10.8. The van der Waals surface area contributed by atoms with E-state index >= 15 is 0 Å². The van der Waals surface area contributed by atoms with Crippen LogP contribution in [0, 0.1) is 19.3 Å². The third-order valence-corrected chi connectivity index (χ3v) is 7.76. The molecule has 0 fully saturated rings. The topological polar surface area (TPSA) is 131 Å². The number of nitrogens with one attached hydrogen (secondary N) is 1. The average Bonchev–Trinajstić information content (AvgIpc) is 3.26. The second-order valence-corrected chi connectivity index (χ2v) is 11.2. The Kier molecular flexibility index (Phi) is 7.18. The van der Waals surface area contributed by atoms with Crippen molar-refractivity contribution < 1.29 is 27.4 Å². The Morgan fingerprint density at radius 2 is 1.75 bits per heavy atom. The number of methoxy groups -OCH3 is 1. The molecule has 2 aromatic carbocycles. The molecule has 12 heteroatoms. The molecule has 0 aromatic heterocycles. The number of thioether (sulfide) groups is 1. The van der Waals surface area contributed by atoms with Gasteiger partial charge in [-0.25, -0.2) is 8.42 Å². The molecule has 1 amide bonds. The highest BCUT2D eigenvalue weighted by molar-refractivity contribution is 8.42. The second-order valence-electron chi connectivity index (χ2n) is 8.03. The predicted molar refractivity (Wildman–Crippen MR) is 140 cm³/mol. The molecule has 0 radical (unpaired) electrons. The van der Waals surface area contributed by atoms with Crippen LogP contribution in [0.15, 0.2) is 52.1 Å². The number of hydrogen-bond acceptors (Lipinski definition) is 9. The summed E-state index contributed by atoms with van der Waals surface area (Å²) in [7, 11) is -2.10. The van der Waals surface area contributed by atoms with E-state index in [9.17, 15) is 13.2 Å². The molecule has 36 heavy (non-hydrogen) atoms. The van der Waals surface area contributed by atoms with Crippen LogP contribution in [0.4, 0.5) is 0 Å². The number of amidine groups is 2. The van der Waals surface area contributed by atoms with Crippen LogP contribution >= 0.6 is 11.8 Å². The van der Waals surface area contributed by atoms with E-state index in [2.05, 4.69) is 16.2 Å². The van der Waals surface area contributed by atoms with Crippen molar-refractivity contribution in [3.05, 3.63) is 58.7 Å². The molecule has 2 aliphatic heterocycles. The monoisotopic (exact) mass is 528 g/mol. The van der Waals surface area contributed by atoms with Crippen molar-refractivity contribution in [1.82, 2.24) is 5.01 Å². The summed E-state index contributed by atoms with van der Waals surface area (Å²) in [4.78, 5) is 16.4. The van der Waals surface area contributed by atoms with Crippen molar-refractivity contribution >= 4 is 49.0 Å². The fourth-order valence-corrected chi connectivity index (χ4v) is 5.13. The standard InChI is InChI=1S/C24H24N4O6S2/c1-14-5-7-18(15(2)11-14)33-9-10-34-19-8-6-16(13-20(19)32-3)12-17-21(25)28-23(26-22(17)29)35-24(27-28)36(4,30)31/h5-8,11-13,25H,9-10H2,1-4H3/b17-12-,25-21?. The number of hydrogen-bond donors (Lipinski definition) is 1. The van der Waals surface area contributed by atoms with Gasteiger partial charge in [0.15, 0.2) is 17.3 Å². The molecule has 2 heterocycles. The van der Waals surface area contributed by atoms with Crippen LogP contribution in [0.25, 0.3) is 6.08 Å². The number of rotatable bonds is 7. The Hall–Kier alpha value is -3.64. The number of carbonyl (C=O) groups is 1. The van der Waals surface area contributed by atoms with Crippen LogP contribution in [0.2, 0.25) is 0 Å². The SMILES string of the molecule is COc1cc(/C=C2/C(=N)N3N=C(S(C)(=O)=O)SC3=NC2=O)ccc1OCCOc1ccc(C)cc1C. The number of nitrogens with zero attached hydrogens (tertiary/aromatic N) is 3. The predicted octanol–water partition coefficient (Wildman–Crippen LogP) is 3.39. The lowest BCUT2D eigenvalue weighted by Gasteiger charge is -2.20. The van der Waals surface area contributed by atoms with Gasteiger partial charge in [-0.05, 0) is 61.0 Å². The van der Waals surface area contributed by atoms with Gasteiger partial charge in [0.25, 0.3) is 5.91 Å². The van der Waals surface area contributed by atoms with Crippen LogP contribution in [0.3, 0.4) is 0 Å². The molecule has 10 nitrogen and oxygen atoms in total. The lowest BCUT2D eigenvalue weighted by Crippen LogP contribution is -2.35. The highest BCUT2D eigenvalue weighted by atomic mass is 32.3. The summed E-state index contributed by atoms with van der Waals surface area (Å²) < 4.78 is 40.4. The van der Waals surface area contributed by atoms with Crippen LogP contribution in [-0.2, 0) is 14.6 Å². The van der Waals surface area contributed by atoms with E-state index in [1.165, 1.54) is 18.7 Å². The van der Waals surface area contributed by atoms with Crippen LogP contribution in [-0.4, -0.2) is 61.3 Å². The Labute approximate surface area is 213 Å². The van der Waals surface area contributed by atoms with Gasteiger partial charge in [0.1, 0.15) is 19.0 Å². The third-order valence-electron chi connectivity index (χ3n) is 5.18. The van der Waals surface area contributed by atoms with Crippen molar-refractivity contribution in [1.29, 1.82) is 5.41 Å². The van der Waals surface area contributed by atoms with E-state index in [0.717, 1.165) is 34.3 Å². The van der Waals surface area contributed by atoms with Crippen molar-refractivity contribution in [3.8, 4) is 17.2 Å². The first-order chi connectivity index (χ1) is 17.1. The fourth-order valence-electron chi connectivity index (χ4n) is 3.45. The van der Waals surface area contributed by atoms with Crippen LogP contribution in [0.5, 0.6) is 17.2 Å². The molecular weight excluding hydrogens is 504 g/mol. The molecule has 2 aliphatic rings. The third kappa shape index (κ3) is 5.44. The Morgan fingerprint density at radius 1 is 1.06 bits per heavy atom. The summed E-state index contributed by atoms with van der Waals surface area (Å²) in [5.74, 6) is 0.801. The smallest absolute Gasteiger partial charge is 0.283 e. The maximum Gasteiger partial charge on any atom is 0.283 e. The van der Waals surface area contributed by atoms with E-state index in [-0.39, 0.29) is 27.6 Å². The van der Waals surface area contributed by atoms with Crippen LogP contribution in [0.1, 0.15) is 16.7 Å². The number of aryl methyl sites for hydroxylation is 2. The van der Waals surface area contributed by atoms with Gasteiger partial charge >= 0.3 is 0 Å².